The summed E-state index contributed by atoms with van der Waals surface area (Å²) in [5.74, 6) is -1.77. The molecule has 31 heavy (non-hydrogen) atoms. The van der Waals surface area contributed by atoms with Gasteiger partial charge in [-0.3, -0.25) is 14.8 Å². The van der Waals surface area contributed by atoms with Crippen molar-refractivity contribution in [2.75, 3.05) is 10.6 Å². The second-order valence-corrected chi connectivity index (χ2v) is 6.48. The fraction of sp³-hybridized carbons (Fsp3) is 0.150. The maximum atomic E-state index is 13.4. The molecule has 3 heterocycles. The predicted molar refractivity (Wildman–Crippen MR) is 101 cm³/mol. The van der Waals surface area contributed by atoms with Crippen molar-refractivity contribution in [2.45, 2.75) is 18.8 Å². The molecule has 1 amide bonds. The zero-order valence-corrected chi connectivity index (χ0v) is 15.6. The van der Waals surface area contributed by atoms with Gasteiger partial charge < -0.3 is 20.1 Å². The first-order valence-corrected chi connectivity index (χ1v) is 8.91. The summed E-state index contributed by atoms with van der Waals surface area (Å²) in [6, 6.07) is 8.28. The average Bonchev–Trinajstić information content (AvgIpc) is 2.74. The van der Waals surface area contributed by atoms with E-state index in [0.717, 1.165) is 17.7 Å². The Bertz CT molecular complexity index is 1110. The third kappa shape index (κ3) is 4.20. The van der Waals surface area contributed by atoms with Crippen LogP contribution in [0.1, 0.15) is 15.9 Å². The highest BCUT2D eigenvalue weighted by atomic mass is 19.3. The van der Waals surface area contributed by atoms with E-state index in [2.05, 4.69) is 30.1 Å². The molecule has 1 aliphatic heterocycles. The molecule has 2 aromatic heterocycles. The summed E-state index contributed by atoms with van der Waals surface area (Å²) in [6.07, 6.45) is -3.51. The standard InChI is InChI=1S/C20H14F4N4O3/c21-19(22)20(23,24)31-17-9-13(1-2-16(17)30-19)28-18(29)14-5-8-26-11-15(14)27-10-12-3-6-25-7-4-12/h1-9,11,27H,10H2,(H,28,29). The molecule has 1 aromatic carbocycles. The quantitative estimate of drug-likeness (QED) is 0.583. The molecule has 0 unspecified atom stereocenters. The molecule has 7 nitrogen and oxygen atoms in total. The third-order valence-electron chi connectivity index (χ3n) is 4.31. The number of hydrogen-bond acceptors (Lipinski definition) is 6. The number of amides is 1. The van der Waals surface area contributed by atoms with Crippen LogP contribution in [0, 0.1) is 0 Å². The SMILES string of the molecule is O=C(Nc1ccc2c(c1)OC(F)(F)C(F)(F)O2)c1ccncc1NCc1ccncc1. The number of benzene rings is 1. The first kappa shape index (κ1) is 20.4. The van der Waals surface area contributed by atoms with E-state index in [1.54, 1.807) is 24.5 Å². The second-order valence-electron chi connectivity index (χ2n) is 6.48. The smallest absolute Gasteiger partial charge is 0.421 e. The van der Waals surface area contributed by atoms with Gasteiger partial charge >= 0.3 is 12.2 Å². The van der Waals surface area contributed by atoms with Crippen molar-refractivity contribution in [3.05, 3.63) is 72.3 Å². The molecule has 1 aliphatic rings. The van der Waals surface area contributed by atoms with Crippen LogP contribution in [-0.2, 0) is 6.54 Å². The Labute approximate surface area is 173 Å². The van der Waals surface area contributed by atoms with Crippen LogP contribution in [0.5, 0.6) is 11.5 Å². The van der Waals surface area contributed by atoms with Crippen LogP contribution < -0.4 is 20.1 Å². The summed E-state index contributed by atoms with van der Waals surface area (Å²) < 4.78 is 61.4. The molecule has 0 atom stereocenters. The topological polar surface area (TPSA) is 85.4 Å². The van der Waals surface area contributed by atoms with Crippen molar-refractivity contribution in [2.24, 2.45) is 0 Å². The molecule has 0 radical (unpaired) electrons. The minimum atomic E-state index is -4.85. The van der Waals surface area contributed by atoms with Crippen LogP contribution in [0.15, 0.2) is 61.2 Å². The Morgan fingerprint density at radius 2 is 1.58 bits per heavy atom. The van der Waals surface area contributed by atoms with Gasteiger partial charge in [-0.2, -0.15) is 17.6 Å². The molecule has 0 aliphatic carbocycles. The average molecular weight is 434 g/mol. The first-order chi connectivity index (χ1) is 14.7. The number of carbonyl (C=O) groups is 1. The number of fused-ring (bicyclic) bond motifs is 1. The molecule has 0 saturated heterocycles. The second kappa shape index (κ2) is 7.74. The van der Waals surface area contributed by atoms with E-state index in [1.807, 2.05) is 0 Å². The predicted octanol–water partition coefficient (Wildman–Crippen LogP) is 4.30. The van der Waals surface area contributed by atoms with Gasteiger partial charge in [-0.25, -0.2) is 0 Å². The highest BCUT2D eigenvalue weighted by molar-refractivity contribution is 6.08. The number of carbonyl (C=O) groups excluding carboxylic acids is 1. The Balaban J connectivity index is 1.51. The highest BCUT2D eigenvalue weighted by Crippen LogP contribution is 2.47. The molecule has 0 spiro atoms. The van der Waals surface area contributed by atoms with Gasteiger partial charge in [-0.1, -0.05) is 0 Å². The van der Waals surface area contributed by atoms with Gasteiger partial charge in [0, 0.05) is 36.9 Å². The van der Waals surface area contributed by atoms with E-state index in [4.69, 9.17) is 0 Å². The number of nitrogens with zero attached hydrogens (tertiary/aromatic N) is 2. The van der Waals surface area contributed by atoms with E-state index in [9.17, 15) is 22.4 Å². The molecule has 4 rings (SSSR count). The van der Waals surface area contributed by atoms with Gasteiger partial charge in [0.2, 0.25) is 0 Å². The van der Waals surface area contributed by atoms with Crippen LogP contribution in [0.2, 0.25) is 0 Å². The van der Waals surface area contributed by atoms with Crippen LogP contribution in [-0.4, -0.2) is 28.1 Å². The van der Waals surface area contributed by atoms with Crippen LogP contribution in [0.3, 0.4) is 0 Å². The molecule has 2 N–H and O–H groups in total. The summed E-state index contributed by atoms with van der Waals surface area (Å²) >= 11 is 0. The van der Waals surface area contributed by atoms with Gasteiger partial charge in [0.1, 0.15) is 0 Å². The number of anilines is 2. The molecular formula is C20H14F4N4O3. The summed E-state index contributed by atoms with van der Waals surface area (Å²) in [4.78, 5) is 20.6. The maximum absolute atomic E-state index is 13.4. The minimum absolute atomic E-state index is 0.0465. The molecule has 0 bridgehead atoms. The zero-order valence-electron chi connectivity index (χ0n) is 15.6. The first-order valence-electron chi connectivity index (χ1n) is 8.91. The van der Waals surface area contributed by atoms with Crippen molar-refractivity contribution in [1.29, 1.82) is 0 Å². The van der Waals surface area contributed by atoms with Gasteiger partial charge in [-0.05, 0) is 35.9 Å². The van der Waals surface area contributed by atoms with Gasteiger partial charge in [0.25, 0.3) is 5.91 Å². The minimum Gasteiger partial charge on any atom is -0.421 e. The lowest BCUT2D eigenvalue weighted by atomic mass is 10.2. The van der Waals surface area contributed by atoms with E-state index in [-0.39, 0.29) is 11.3 Å². The zero-order chi connectivity index (χ0) is 22.1. The van der Waals surface area contributed by atoms with Gasteiger partial charge in [-0.15, -0.1) is 0 Å². The molecule has 0 saturated carbocycles. The van der Waals surface area contributed by atoms with E-state index < -0.39 is 29.6 Å². The van der Waals surface area contributed by atoms with Gasteiger partial charge in [0.15, 0.2) is 11.5 Å². The Hall–Kier alpha value is -3.89. The fourth-order valence-electron chi connectivity index (χ4n) is 2.77. The van der Waals surface area contributed by atoms with E-state index in [0.29, 0.717) is 12.2 Å². The fourth-order valence-corrected chi connectivity index (χ4v) is 2.77. The summed E-state index contributed by atoms with van der Waals surface area (Å²) in [5.41, 5.74) is 1.64. The number of pyridine rings is 2. The molecule has 11 heteroatoms. The Kier molecular flexibility index (Phi) is 5.09. The van der Waals surface area contributed by atoms with Crippen molar-refractivity contribution in [1.82, 2.24) is 9.97 Å². The number of ether oxygens (including phenoxy) is 2. The molecule has 160 valence electrons. The summed E-state index contributed by atoms with van der Waals surface area (Å²) in [7, 11) is 0. The Morgan fingerprint density at radius 1 is 0.903 bits per heavy atom. The van der Waals surface area contributed by atoms with Gasteiger partial charge in [0.05, 0.1) is 17.4 Å². The van der Waals surface area contributed by atoms with Crippen molar-refractivity contribution in [3.8, 4) is 11.5 Å². The number of hydrogen-bond donors (Lipinski definition) is 2. The van der Waals surface area contributed by atoms with E-state index >= 15 is 0 Å². The Morgan fingerprint density at radius 3 is 2.32 bits per heavy atom. The van der Waals surface area contributed by atoms with E-state index in [1.165, 1.54) is 24.5 Å². The van der Waals surface area contributed by atoms with Crippen LogP contribution in [0.4, 0.5) is 28.9 Å². The maximum Gasteiger partial charge on any atom is 0.507 e. The van der Waals surface area contributed by atoms with Crippen molar-refractivity contribution >= 4 is 17.3 Å². The third-order valence-corrected chi connectivity index (χ3v) is 4.31. The number of nitrogens with one attached hydrogen (secondary N) is 2. The molecule has 3 aromatic rings. The number of halogens is 4. The monoisotopic (exact) mass is 434 g/mol. The molecule has 0 fully saturated rings. The number of rotatable bonds is 5. The normalized spacial score (nSPS) is 15.7. The van der Waals surface area contributed by atoms with Crippen molar-refractivity contribution < 1.29 is 31.8 Å². The lowest BCUT2D eigenvalue weighted by Crippen LogP contribution is -2.52. The largest absolute Gasteiger partial charge is 0.507 e. The molecular weight excluding hydrogens is 420 g/mol. The summed E-state index contributed by atoms with van der Waals surface area (Å²) in [5, 5.41) is 5.60. The summed E-state index contributed by atoms with van der Waals surface area (Å²) in [6.45, 7) is 0.405. The number of aromatic nitrogens is 2. The number of alkyl halides is 4. The van der Waals surface area contributed by atoms with Crippen molar-refractivity contribution in [3.63, 3.8) is 0 Å². The highest BCUT2D eigenvalue weighted by Gasteiger charge is 2.65. The lowest BCUT2D eigenvalue weighted by molar-refractivity contribution is -0.391. The lowest BCUT2D eigenvalue weighted by Gasteiger charge is -2.31. The van der Waals surface area contributed by atoms with Crippen LogP contribution >= 0.6 is 0 Å². The van der Waals surface area contributed by atoms with Crippen LogP contribution in [0.25, 0.3) is 0 Å².